The Balaban J connectivity index is 1.57. The van der Waals surface area contributed by atoms with Gasteiger partial charge in [0.2, 0.25) is 0 Å². The van der Waals surface area contributed by atoms with Gasteiger partial charge in [-0.1, -0.05) is 6.07 Å². The van der Waals surface area contributed by atoms with Crippen molar-refractivity contribution >= 4 is 32.6 Å². The Bertz CT molecular complexity index is 1020. The summed E-state index contributed by atoms with van der Waals surface area (Å²) in [5.74, 6) is 0. The molecule has 0 aliphatic carbocycles. The summed E-state index contributed by atoms with van der Waals surface area (Å²) in [5.41, 5.74) is 3.23. The minimum absolute atomic E-state index is 0.509. The molecular weight excluding hydrogens is 382 g/mol. The Morgan fingerprint density at radius 3 is 2.63 bits per heavy atom. The number of hydrogen-bond acceptors (Lipinski definition) is 5. The molecule has 1 fully saturated rings. The zero-order valence-corrected chi connectivity index (χ0v) is 17.1. The zero-order valence-electron chi connectivity index (χ0n) is 15.4. The molecule has 1 aliphatic heterocycles. The van der Waals surface area contributed by atoms with Gasteiger partial charge < -0.3 is 4.98 Å². The van der Waals surface area contributed by atoms with E-state index >= 15 is 0 Å². The number of hydrogen-bond donors (Lipinski definition) is 1. The van der Waals surface area contributed by atoms with Crippen LogP contribution >= 0.6 is 11.3 Å². The first kappa shape index (κ1) is 18.6. The number of rotatable bonds is 5. The molecular formula is C18H23N5O2S2. The average Bonchev–Trinajstić information content (AvgIpc) is 3.30. The minimum Gasteiger partial charge on any atom is -0.338 e. The highest BCUT2D eigenvalue weighted by Crippen LogP contribution is 2.33. The van der Waals surface area contributed by atoms with Crippen molar-refractivity contribution in [2.24, 2.45) is 0 Å². The predicted octanol–water partition coefficient (Wildman–Crippen LogP) is 2.22. The van der Waals surface area contributed by atoms with Crippen molar-refractivity contribution in [2.45, 2.75) is 6.54 Å². The molecule has 1 N–H and O–H groups in total. The van der Waals surface area contributed by atoms with Crippen LogP contribution in [0.1, 0.15) is 5.56 Å². The van der Waals surface area contributed by atoms with Crippen molar-refractivity contribution in [2.75, 3.05) is 40.3 Å². The highest BCUT2D eigenvalue weighted by molar-refractivity contribution is 7.86. The quantitative estimate of drug-likeness (QED) is 0.706. The van der Waals surface area contributed by atoms with Gasteiger partial charge in [-0.05, 0) is 23.6 Å². The molecule has 0 aromatic carbocycles. The molecule has 0 atom stereocenters. The number of aromatic nitrogens is 2. The summed E-state index contributed by atoms with van der Waals surface area (Å²) < 4.78 is 27.5. The molecule has 0 bridgehead atoms. The summed E-state index contributed by atoms with van der Waals surface area (Å²) in [6.45, 7) is 3.22. The molecule has 0 amide bonds. The van der Waals surface area contributed by atoms with E-state index in [1.807, 2.05) is 12.1 Å². The van der Waals surface area contributed by atoms with Gasteiger partial charge in [0.1, 0.15) is 5.65 Å². The molecule has 27 heavy (non-hydrogen) atoms. The molecule has 3 aromatic rings. The van der Waals surface area contributed by atoms with Crippen molar-refractivity contribution in [3.63, 3.8) is 0 Å². The summed E-state index contributed by atoms with van der Waals surface area (Å²) in [6, 6.07) is 8.21. The van der Waals surface area contributed by atoms with Crippen molar-refractivity contribution in [3.8, 4) is 10.6 Å². The van der Waals surface area contributed by atoms with E-state index in [4.69, 9.17) is 0 Å². The largest absolute Gasteiger partial charge is 0.338 e. The topological polar surface area (TPSA) is 72.5 Å². The highest BCUT2D eigenvalue weighted by atomic mass is 32.2. The van der Waals surface area contributed by atoms with Crippen LogP contribution in [0.15, 0.2) is 35.8 Å². The molecule has 3 aromatic heterocycles. The molecule has 0 radical (unpaired) electrons. The lowest BCUT2D eigenvalue weighted by molar-refractivity contribution is 0.178. The lowest BCUT2D eigenvalue weighted by Gasteiger charge is -2.35. The van der Waals surface area contributed by atoms with Crippen LogP contribution in [0.25, 0.3) is 21.6 Å². The molecule has 0 spiro atoms. The zero-order chi connectivity index (χ0) is 19.0. The second-order valence-electron chi connectivity index (χ2n) is 6.82. The maximum Gasteiger partial charge on any atom is 0.281 e. The van der Waals surface area contributed by atoms with E-state index in [0.29, 0.717) is 26.2 Å². The lowest BCUT2D eigenvalue weighted by Crippen LogP contribution is -2.51. The lowest BCUT2D eigenvalue weighted by atomic mass is 10.1. The van der Waals surface area contributed by atoms with Crippen molar-refractivity contribution in [1.82, 2.24) is 23.5 Å². The van der Waals surface area contributed by atoms with Gasteiger partial charge in [-0.15, -0.1) is 11.3 Å². The van der Waals surface area contributed by atoms with Crippen molar-refractivity contribution < 1.29 is 8.42 Å². The van der Waals surface area contributed by atoms with Gasteiger partial charge in [0, 0.05) is 64.0 Å². The van der Waals surface area contributed by atoms with Crippen LogP contribution in [0.5, 0.6) is 0 Å². The van der Waals surface area contributed by atoms with Crippen LogP contribution in [0.4, 0.5) is 0 Å². The summed E-state index contributed by atoms with van der Waals surface area (Å²) >= 11 is 1.70. The second kappa shape index (κ2) is 7.33. The molecule has 1 aliphatic rings. The van der Waals surface area contributed by atoms with E-state index in [0.717, 1.165) is 23.3 Å². The number of nitrogens with zero attached hydrogens (tertiary/aromatic N) is 4. The van der Waals surface area contributed by atoms with Gasteiger partial charge in [0.05, 0.1) is 10.6 Å². The number of thiophene rings is 1. The van der Waals surface area contributed by atoms with E-state index in [1.165, 1.54) is 14.7 Å². The Kier molecular flexibility index (Phi) is 5.04. The van der Waals surface area contributed by atoms with Crippen molar-refractivity contribution in [1.29, 1.82) is 0 Å². The predicted molar refractivity (Wildman–Crippen MR) is 109 cm³/mol. The van der Waals surface area contributed by atoms with Gasteiger partial charge in [0.15, 0.2) is 0 Å². The van der Waals surface area contributed by atoms with Gasteiger partial charge in [-0.2, -0.15) is 17.0 Å². The fraction of sp³-hybridized carbons (Fsp3) is 0.389. The minimum atomic E-state index is -3.34. The number of fused-ring (bicyclic) bond motifs is 1. The number of pyridine rings is 1. The van der Waals surface area contributed by atoms with Gasteiger partial charge in [-0.3, -0.25) is 4.90 Å². The normalized spacial score (nSPS) is 17.1. The molecule has 0 saturated carbocycles. The van der Waals surface area contributed by atoms with E-state index in [9.17, 15) is 8.42 Å². The number of piperazine rings is 1. The third-order valence-electron chi connectivity index (χ3n) is 4.95. The average molecular weight is 406 g/mol. The SMILES string of the molecule is CN(C)S(=O)(=O)N1CCN(Cc2c(-c3cccs3)[nH]c3ncccc23)CC1. The van der Waals surface area contributed by atoms with Crippen LogP contribution in [0.2, 0.25) is 0 Å². The number of nitrogens with one attached hydrogen (secondary N) is 1. The fourth-order valence-corrected chi connectivity index (χ4v) is 5.28. The highest BCUT2D eigenvalue weighted by Gasteiger charge is 2.29. The van der Waals surface area contributed by atoms with Crippen LogP contribution in [-0.4, -0.2) is 72.2 Å². The third-order valence-corrected chi connectivity index (χ3v) is 7.77. The molecule has 0 unspecified atom stereocenters. The van der Waals surface area contributed by atoms with E-state index in [1.54, 1.807) is 35.9 Å². The first-order chi connectivity index (χ1) is 13.0. The summed E-state index contributed by atoms with van der Waals surface area (Å²) in [4.78, 5) is 11.4. The summed E-state index contributed by atoms with van der Waals surface area (Å²) in [6.07, 6.45) is 1.80. The molecule has 7 nitrogen and oxygen atoms in total. The molecule has 9 heteroatoms. The first-order valence-corrected chi connectivity index (χ1v) is 11.1. The van der Waals surface area contributed by atoms with Gasteiger partial charge >= 0.3 is 0 Å². The van der Waals surface area contributed by atoms with E-state index in [2.05, 4.69) is 32.4 Å². The fourth-order valence-electron chi connectivity index (χ4n) is 3.45. The number of H-pyrrole nitrogens is 1. The molecule has 4 heterocycles. The van der Waals surface area contributed by atoms with Crippen LogP contribution in [-0.2, 0) is 16.8 Å². The van der Waals surface area contributed by atoms with Crippen LogP contribution < -0.4 is 0 Å². The van der Waals surface area contributed by atoms with E-state index in [-0.39, 0.29) is 0 Å². The third kappa shape index (κ3) is 3.53. The molecule has 144 valence electrons. The summed E-state index contributed by atoms with van der Waals surface area (Å²) in [7, 11) is -0.184. The first-order valence-electron chi connectivity index (χ1n) is 8.86. The van der Waals surface area contributed by atoms with E-state index < -0.39 is 10.2 Å². The monoisotopic (exact) mass is 405 g/mol. The van der Waals surface area contributed by atoms with Gasteiger partial charge in [-0.25, -0.2) is 4.98 Å². The number of aromatic amines is 1. The Labute approximate surface area is 163 Å². The maximum atomic E-state index is 12.3. The Morgan fingerprint density at radius 1 is 1.19 bits per heavy atom. The van der Waals surface area contributed by atoms with Crippen molar-refractivity contribution in [3.05, 3.63) is 41.4 Å². The second-order valence-corrected chi connectivity index (χ2v) is 9.91. The van der Waals surface area contributed by atoms with Gasteiger partial charge in [0.25, 0.3) is 10.2 Å². The molecule has 4 rings (SSSR count). The molecule has 1 saturated heterocycles. The Morgan fingerprint density at radius 2 is 1.96 bits per heavy atom. The van der Waals surface area contributed by atoms with Crippen LogP contribution in [0.3, 0.4) is 0 Å². The standard InChI is InChI=1S/C18H23N5O2S2/c1-21(2)27(24,25)23-10-8-22(9-11-23)13-15-14-5-3-7-19-18(14)20-17(15)16-6-4-12-26-16/h3-7,12H,8-11,13H2,1-2H3,(H,19,20). The summed E-state index contributed by atoms with van der Waals surface area (Å²) in [5, 5.41) is 3.20. The Hall–Kier alpha value is -1.78. The smallest absolute Gasteiger partial charge is 0.281 e. The van der Waals surface area contributed by atoms with Crippen LogP contribution in [0, 0.1) is 0 Å². The maximum absolute atomic E-state index is 12.3.